The molecule has 0 unspecified atom stereocenters. The van der Waals surface area contributed by atoms with E-state index in [-0.39, 0.29) is 23.1 Å². The fourth-order valence-corrected chi connectivity index (χ4v) is 3.74. The third kappa shape index (κ3) is 4.04. The van der Waals surface area contributed by atoms with Gasteiger partial charge in [0.2, 0.25) is 0 Å². The zero-order chi connectivity index (χ0) is 20.3. The highest BCUT2D eigenvalue weighted by molar-refractivity contribution is 7.15. The zero-order valence-electron chi connectivity index (χ0n) is 15.7. The molecule has 0 aliphatic heterocycles. The molecule has 0 fully saturated rings. The Morgan fingerprint density at radius 1 is 1.14 bits per heavy atom. The van der Waals surface area contributed by atoms with Crippen molar-refractivity contribution in [3.05, 3.63) is 64.8 Å². The van der Waals surface area contributed by atoms with E-state index < -0.39 is 5.97 Å². The minimum absolute atomic E-state index is 0.0234. The van der Waals surface area contributed by atoms with Crippen molar-refractivity contribution in [1.82, 2.24) is 4.98 Å². The molecule has 3 rings (SSSR count). The summed E-state index contributed by atoms with van der Waals surface area (Å²) in [6.45, 7) is 4.05. The number of anilines is 1. The van der Waals surface area contributed by atoms with Gasteiger partial charge < -0.3 is 15.2 Å². The van der Waals surface area contributed by atoms with Gasteiger partial charge in [-0.1, -0.05) is 44.2 Å². The molecule has 28 heavy (non-hydrogen) atoms. The van der Waals surface area contributed by atoms with Crippen molar-refractivity contribution in [3.63, 3.8) is 0 Å². The lowest BCUT2D eigenvalue weighted by Gasteiger charge is -2.09. The van der Waals surface area contributed by atoms with Crippen molar-refractivity contribution in [1.29, 1.82) is 0 Å². The fourth-order valence-electron chi connectivity index (χ4n) is 2.67. The molecule has 3 aromatic rings. The SMILES string of the molecule is COc1ccc(NC(=O)c2nc(C(C)C)sc2-c2ccccc2)cc1C(=O)O. The van der Waals surface area contributed by atoms with Gasteiger partial charge in [-0.25, -0.2) is 9.78 Å². The van der Waals surface area contributed by atoms with Gasteiger partial charge in [-0.2, -0.15) is 0 Å². The van der Waals surface area contributed by atoms with Gasteiger partial charge in [0.05, 0.1) is 17.0 Å². The molecular weight excluding hydrogens is 376 g/mol. The highest BCUT2D eigenvalue weighted by Crippen LogP contribution is 2.34. The lowest BCUT2D eigenvalue weighted by Crippen LogP contribution is -2.14. The van der Waals surface area contributed by atoms with Gasteiger partial charge in [-0.3, -0.25) is 4.79 Å². The molecule has 144 valence electrons. The Morgan fingerprint density at radius 3 is 2.46 bits per heavy atom. The molecule has 2 aromatic carbocycles. The second-order valence-corrected chi connectivity index (χ2v) is 7.46. The second-order valence-electron chi connectivity index (χ2n) is 6.42. The van der Waals surface area contributed by atoms with Gasteiger partial charge in [0.1, 0.15) is 17.0 Å². The van der Waals surface area contributed by atoms with Crippen molar-refractivity contribution in [2.45, 2.75) is 19.8 Å². The molecule has 1 heterocycles. The van der Waals surface area contributed by atoms with Crippen LogP contribution in [0, 0.1) is 0 Å². The van der Waals surface area contributed by atoms with Gasteiger partial charge >= 0.3 is 5.97 Å². The first kappa shape index (κ1) is 19.6. The number of nitrogens with zero attached hydrogens (tertiary/aromatic N) is 1. The number of methoxy groups -OCH3 is 1. The molecule has 1 amide bonds. The van der Waals surface area contributed by atoms with Gasteiger partial charge in [0.25, 0.3) is 5.91 Å². The minimum atomic E-state index is -1.13. The number of aromatic nitrogens is 1. The zero-order valence-corrected chi connectivity index (χ0v) is 16.5. The van der Waals surface area contributed by atoms with Crippen LogP contribution in [0.1, 0.15) is 45.6 Å². The average Bonchev–Trinajstić information content (AvgIpc) is 3.14. The number of hydrogen-bond donors (Lipinski definition) is 2. The average molecular weight is 396 g/mol. The van der Waals surface area contributed by atoms with Crippen LogP contribution in [0.4, 0.5) is 5.69 Å². The molecule has 0 radical (unpaired) electrons. The number of amides is 1. The van der Waals surface area contributed by atoms with Crippen LogP contribution in [0.5, 0.6) is 5.75 Å². The maximum Gasteiger partial charge on any atom is 0.339 e. The first-order valence-corrected chi connectivity index (χ1v) is 9.51. The number of carbonyl (C=O) groups is 2. The number of nitrogens with one attached hydrogen (secondary N) is 1. The summed E-state index contributed by atoms with van der Waals surface area (Å²) in [6.07, 6.45) is 0. The number of aromatic carboxylic acids is 1. The number of carbonyl (C=O) groups excluding carboxylic acids is 1. The number of ether oxygens (including phenoxy) is 1. The maximum atomic E-state index is 12.9. The van der Waals surface area contributed by atoms with E-state index in [1.165, 1.54) is 30.6 Å². The summed E-state index contributed by atoms with van der Waals surface area (Å²) in [5.41, 5.74) is 1.58. The molecule has 0 aliphatic carbocycles. The van der Waals surface area contributed by atoms with E-state index in [0.29, 0.717) is 11.4 Å². The Kier molecular flexibility index (Phi) is 5.75. The van der Waals surface area contributed by atoms with E-state index >= 15 is 0 Å². The van der Waals surface area contributed by atoms with E-state index in [0.717, 1.165) is 15.4 Å². The highest BCUT2D eigenvalue weighted by Gasteiger charge is 2.21. The van der Waals surface area contributed by atoms with E-state index in [1.54, 1.807) is 6.07 Å². The summed E-state index contributed by atoms with van der Waals surface area (Å²) < 4.78 is 5.05. The fraction of sp³-hybridized carbons (Fsp3) is 0.190. The standard InChI is InChI=1S/C21H20N2O4S/c1-12(2)20-23-17(18(28-20)13-7-5-4-6-8-13)19(24)22-14-9-10-16(27-3)15(11-14)21(25)26/h4-12H,1-3H3,(H,22,24)(H,25,26). The van der Waals surface area contributed by atoms with E-state index in [4.69, 9.17) is 4.74 Å². The molecule has 0 spiro atoms. The largest absolute Gasteiger partial charge is 0.496 e. The summed E-state index contributed by atoms with van der Waals surface area (Å²) in [5.74, 6) is -1.10. The molecule has 0 bridgehead atoms. The summed E-state index contributed by atoms with van der Waals surface area (Å²) in [6, 6.07) is 14.1. The molecule has 0 saturated heterocycles. The van der Waals surface area contributed by atoms with Gasteiger partial charge in [-0.15, -0.1) is 11.3 Å². The molecule has 0 atom stereocenters. The van der Waals surface area contributed by atoms with Crippen molar-refractivity contribution in [2.24, 2.45) is 0 Å². The molecule has 0 saturated carbocycles. The predicted octanol–water partition coefficient (Wildman–Crippen LogP) is 4.89. The quantitative estimate of drug-likeness (QED) is 0.619. The first-order chi connectivity index (χ1) is 13.4. The lowest BCUT2D eigenvalue weighted by atomic mass is 10.1. The number of hydrogen-bond acceptors (Lipinski definition) is 5. The van der Waals surface area contributed by atoms with Gasteiger partial charge in [0, 0.05) is 11.6 Å². The number of carboxylic acids is 1. The summed E-state index contributed by atoms with van der Waals surface area (Å²) >= 11 is 1.49. The van der Waals surface area contributed by atoms with Crippen LogP contribution in [0.25, 0.3) is 10.4 Å². The van der Waals surface area contributed by atoms with E-state index in [1.807, 2.05) is 44.2 Å². The Hall–Kier alpha value is -3.19. The van der Waals surface area contributed by atoms with Crippen LogP contribution in [-0.2, 0) is 0 Å². The number of thiazole rings is 1. The summed E-state index contributed by atoms with van der Waals surface area (Å²) in [5, 5.41) is 12.9. The predicted molar refractivity (Wildman–Crippen MR) is 110 cm³/mol. The Bertz CT molecular complexity index is 1010. The van der Waals surface area contributed by atoms with Gasteiger partial charge in [0.15, 0.2) is 0 Å². The topological polar surface area (TPSA) is 88.5 Å². The number of rotatable bonds is 6. The highest BCUT2D eigenvalue weighted by atomic mass is 32.1. The number of benzene rings is 2. The molecule has 2 N–H and O–H groups in total. The van der Waals surface area contributed by atoms with Crippen LogP contribution in [0.15, 0.2) is 48.5 Å². The smallest absolute Gasteiger partial charge is 0.339 e. The molecule has 7 heteroatoms. The maximum absolute atomic E-state index is 12.9. The van der Waals surface area contributed by atoms with Gasteiger partial charge in [-0.05, 0) is 23.8 Å². The Morgan fingerprint density at radius 2 is 1.86 bits per heavy atom. The summed E-state index contributed by atoms with van der Waals surface area (Å²) in [4.78, 5) is 29.7. The monoisotopic (exact) mass is 396 g/mol. The first-order valence-electron chi connectivity index (χ1n) is 8.69. The van der Waals surface area contributed by atoms with Crippen LogP contribution < -0.4 is 10.1 Å². The molecule has 0 aliphatic rings. The van der Waals surface area contributed by atoms with Crippen LogP contribution in [0.2, 0.25) is 0 Å². The van der Waals surface area contributed by atoms with Crippen molar-refractivity contribution < 1.29 is 19.4 Å². The minimum Gasteiger partial charge on any atom is -0.496 e. The van der Waals surface area contributed by atoms with Crippen molar-refractivity contribution >= 4 is 28.9 Å². The van der Waals surface area contributed by atoms with Crippen molar-refractivity contribution in [3.8, 4) is 16.2 Å². The second kappa shape index (κ2) is 8.22. The lowest BCUT2D eigenvalue weighted by molar-refractivity contribution is 0.0693. The third-order valence-corrected chi connectivity index (χ3v) is 5.48. The Balaban J connectivity index is 1.97. The molecular formula is C21H20N2O4S. The molecule has 6 nitrogen and oxygen atoms in total. The van der Waals surface area contributed by atoms with Crippen molar-refractivity contribution in [2.75, 3.05) is 12.4 Å². The van der Waals surface area contributed by atoms with Crippen LogP contribution in [0.3, 0.4) is 0 Å². The normalized spacial score (nSPS) is 10.7. The molecule has 1 aromatic heterocycles. The van der Waals surface area contributed by atoms with Crippen LogP contribution >= 0.6 is 11.3 Å². The van der Waals surface area contributed by atoms with Crippen LogP contribution in [-0.4, -0.2) is 29.1 Å². The summed E-state index contributed by atoms with van der Waals surface area (Å²) in [7, 11) is 1.40. The van der Waals surface area contributed by atoms with E-state index in [2.05, 4.69) is 10.3 Å². The third-order valence-electron chi connectivity index (χ3n) is 4.08. The van der Waals surface area contributed by atoms with E-state index in [9.17, 15) is 14.7 Å². The number of carboxylic acid groups (broad SMARTS) is 1. The Labute approximate surface area is 166 Å².